The Morgan fingerprint density at radius 3 is 2.16 bits per heavy atom. The topological polar surface area (TPSA) is 18.5 Å². The van der Waals surface area contributed by atoms with Gasteiger partial charge in [0, 0.05) is 31.2 Å². The summed E-state index contributed by atoms with van der Waals surface area (Å²) in [6, 6.07) is 20.2. The van der Waals surface area contributed by atoms with Gasteiger partial charge in [0.25, 0.3) is 0 Å². The van der Waals surface area contributed by atoms with E-state index in [4.69, 9.17) is 9.31 Å². The summed E-state index contributed by atoms with van der Waals surface area (Å²) in [6.45, 7) is 13.1. The first kappa shape index (κ1) is 19.5. The van der Waals surface area contributed by atoms with E-state index in [-0.39, 0.29) is 23.7 Å². The molecule has 0 spiro atoms. The zero-order valence-corrected chi connectivity index (χ0v) is 19.8. The summed E-state index contributed by atoms with van der Waals surface area (Å²) in [5.41, 5.74) is 5.89. The predicted molar refractivity (Wildman–Crippen MR) is 133 cm³/mol. The van der Waals surface area contributed by atoms with E-state index in [2.05, 4.69) is 96.1 Å². The molecule has 1 saturated heterocycles. The lowest BCUT2D eigenvalue weighted by molar-refractivity contribution is 0.00578. The number of benzene rings is 3. The van der Waals surface area contributed by atoms with Crippen molar-refractivity contribution in [3.8, 4) is 11.1 Å². The highest BCUT2D eigenvalue weighted by Crippen LogP contribution is 2.53. The summed E-state index contributed by atoms with van der Waals surface area (Å²) in [6.07, 6.45) is 0. The van der Waals surface area contributed by atoms with Crippen LogP contribution < -0.4 is 5.46 Å². The average Bonchev–Trinajstić information content (AvgIpc) is 3.27. The van der Waals surface area contributed by atoms with E-state index in [9.17, 15) is 0 Å². The maximum absolute atomic E-state index is 6.37. The van der Waals surface area contributed by atoms with Gasteiger partial charge in [0.05, 0.1) is 11.2 Å². The van der Waals surface area contributed by atoms with Crippen molar-refractivity contribution in [2.75, 3.05) is 0 Å². The van der Waals surface area contributed by atoms with Crippen molar-refractivity contribution in [3.63, 3.8) is 0 Å². The quantitative estimate of drug-likeness (QED) is 0.317. The van der Waals surface area contributed by atoms with Crippen LogP contribution in [0.15, 0.2) is 54.6 Å². The molecule has 0 atom stereocenters. The fourth-order valence-electron chi connectivity index (χ4n) is 5.16. The zero-order chi connectivity index (χ0) is 21.8. The highest BCUT2D eigenvalue weighted by Gasteiger charge is 2.52. The standard InChI is InChI=1S/C27H27BO2S/c1-25(2)20-13-11-16(28-29-26(3,4)27(5,6)30-28)15-19(20)23-21(25)14-12-18-17-9-7-8-10-22(17)31-24(18)23/h7-15H,1-6H3. The number of hydrogen-bond donors (Lipinski definition) is 0. The molecule has 2 aliphatic rings. The molecule has 4 heteroatoms. The molecule has 1 fully saturated rings. The largest absolute Gasteiger partial charge is 0.494 e. The van der Waals surface area contributed by atoms with Crippen molar-refractivity contribution in [1.29, 1.82) is 0 Å². The molecule has 156 valence electrons. The monoisotopic (exact) mass is 426 g/mol. The van der Waals surface area contributed by atoms with Gasteiger partial charge in [0.15, 0.2) is 0 Å². The van der Waals surface area contributed by atoms with Crippen LogP contribution in [0.1, 0.15) is 52.7 Å². The fraction of sp³-hybridized carbons (Fsp3) is 0.333. The third-order valence-corrected chi connectivity index (χ3v) is 8.94. The van der Waals surface area contributed by atoms with Gasteiger partial charge in [0.2, 0.25) is 0 Å². The molecule has 0 bridgehead atoms. The lowest BCUT2D eigenvalue weighted by atomic mass is 9.76. The molecular formula is C27H27BO2S. The van der Waals surface area contributed by atoms with Crippen LogP contribution in [0.2, 0.25) is 0 Å². The summed E-state index contributed by atoms with van der Waals surface area (Å²) in [7, 11) is -0.343. The smallest absolute Gasteiger partial charge is 0.399 e. The van der Waals surface area contributed by atoms with E-state index in [0.717, 1.165) is 5.46 Å². The van der Waals surface area contributed by atoms with E-state index >= 15 is 0 Å². The minimum Gasteiger partial charge on any atom is -0.399 e. The Hall–Kier alpha value is -2.14. The molecule has 1 aliphatic carbocycles. The molecule has 1 aromatic heterocycles. The Bertz CT molecular complexity index is 1360. The SMILES string of the molecule is CC1(C)c2ccc(B3OC(C)(C)C(C)(C)O3)cc2-c2c1ccc1c2sc2ccccc21. The van der Waals surface area contributed by atoms with Crippen molar-refractivity contribution in [1.82, 2.24) is 0 Å². The van der Waals surface area contributed by atoms with E-state index < -0.39 is 0 Å². The van der Waals surface area contributed by atoms with Gasteiger partial charge in [-0.25, -0.2) is 0 Å². The van der Waals surface area contributed by atoms with Gasteiger partial charge >= 0.3 is 7.12 Å². The number of rotatable bonds is 1. The number of thiophene rings is 1. The average molecular weight is 426 g/mol. The Morgan fingerprint density at radius 1 is 0.742 bits per heavy atom. The van der Waals surface area contributed by atoms with Gasteiger partial charge in [-0.05, 0) is 55.9 Å². The first-order chi connectivity index (χ1) is 14.6. The van der Waals surface area contributed by atoms with Crippen LogP contribution in [0.4, 0.5) is 0 Å². The molecule has 0 saturated carbocycles. The van der Waals surface area contributed by atoms with Crippen LogP contribution in [0.3, 0.4) is 0 Å². The van der Waals surface area contributed by atoms with Crippen LogP contribution in [-0.2, 0) is 14.7 Å². The summed E-state index contributed by atoms with van der Waals surface area (Å²) in [4.78, 5) is 0. The second-order valence-electron chi connectivity index (χ2n) is 10.5. The highest BCUT2D eigenvalue weighted by molar-refractivity contribution is 7.26. The van der Waals surface area contributed by atoms with Crippen LogP contribution in [-0.4, -0.2) is 18.3 Å². The van der Waals surface area contributed by atoms with Gasteiger partial charge in [-0.3, -0.25) is 0 Å². The Balaban J connectivity index is 1.58. The van der Waals surface area contributed by atoms with Crippen molar-refractivity contribution >= 4 is 44.1 Å². The van der Waals surface area contributed by atoms with Crippen molar-refractivity contribution in [3.05, 3.63) is 65.7 Å². The Labute approximate surface area is 188 Å². The molecule has 0 N–H and O–H groups in total. The van der Waals surface area contributed by atoms with Gasteiger partial charge in [-0.1, -0.05) is 62.4 Å². The summed E-state index contributed by atoms with van der Waals surface area (Å²) >= 11 is 1.91. The third kappa shape index (κ3) is 2.53. The van der Waals surface area contributed by atoms with Crippen molar-refractivity contribution in [2.45, 2.75) is 58.2 Å². The third-order valence-electron chi connectivity index (χ3n) is 7.73. The lowest BCUT2D eigenvalue weighted by Crippen LogP contribution is -2.41. The molecule has 31 heavy (non-hydrogen) atoms. The summed E-state index contributed by atoms with van der Waals surface area (Å²) in [5.74, 6) is 0. The van der Waals surface area contributed by atoms with E-state index in [1.54, 1.807) is 0 Å². The first-order valence-electron chi connectivity index (χ1n) is 11.1. The molecule has 2 nitrogen and oxygen atoms in total. The van der Waals surface area contributed by atoms with Gasteiger partial charge in [0.1, 0.15) is 0 Å². The van der Waals surface area contributed by atoms with Crippen LogP contribution in [0.5, 0.6) is 0 Å². The molecule has 1 aliphatic heterocycles. The number of fused-ring (bicyclic) bond motifs is 7. The van der Waals surface area contributed by atoms with Gasteiger partial charge < -0.3 is 9.31 Å². The molecule has 4 aromatic rings. The molecule has 6 rings (SSSR count). The molecule has 0 radical (unpaired) electrons. The maximum atomic E-state index is 6.37. The Kier molecular flexibility index (Phi) is 3.79. The summed E-state index contributed by atoms with van der Waals surface area (Å²) < 4.78 is 15.5. The fourth-order valence-corrected chi connectivity index (χ4v) is 6.43. The van der Waals surface area contributed by atoms with Crippen molar-refractivity contribution < 1.29 is 9.31 Å². The predicted octanol–water partition coefficient (Wildman–Crippen LogP) is 6.66. The van der Waals surface area contributed by atoms with Crippen LogP contribution in [0.25, 0.3) is 31.3 Å². The van der Waals surface area contributed by atoms with E-state index in [0.29, 0.717) is 0 Å². The lowest BCUT2D eigenvalue weighted by Gasteiger charge is -2.32. The minimum atomic E-state index is -0.343. The molecule has 3 aromatic carbocycles. The minimum absolute atomic E-state index is 0.0243. The second kappa shape index (κ2) is 6.01. The normalized spacial score (nSPS) is 20.4. The molecule has 2 heterocycles. The molecule has 0 amide bonds. The summed E-state index contributed by atoms with van der Waals surface area (Å²) in [5, 5.41) is 2.70. The molecule has 0 unspecified atom stereocenters. The maximum Gasteiger partial charge on any atom is 0.494 e. The molecular weight excluding hydrogens is 399 g/mol. The van der Waals surface area contributed by atoms with Gasteiger partial charge in [-0.2, -0.15) is 0 Å². The highest BCUT2D eigenvalue weighted by atomic mass is 32.1. The van der Waals surface area contributed by atoms with Crippen LogP contribution >= 0.6 is 11.3 Å². The first-order valence-corrected chi connectivity index (χ1v) is 11.9. The zero-order valence-electron chi connectivity index (χ0n) is 19.0. The van der Waals surface area contributed by atoms with E-state index in [1.807, 2.05) is 11.3 Å². The number of hydrogen-bond acceptors (Lipinski definition) is 3. The van der Waals surface area contributed by atoms with E-state index in [1.165, 1.54) is 42.4 Å². The van der Waals surface area contributed by atoms with Gasteiger partial charge in [-0.15, -0.1) is 11.3 Å². The second-order valence-corrected chi connectivity index (χ2v) is 11.5. The van der Waals surface area contributed by atoms with Crippen LogP contribution in [0, 0.1) is 0 Å². The van der Waals surface area contributed by atoms with Crippen molar-refractivity contribution in [2.24, 2.45) is 0 Å². The Morgan fingerprint density at radius 2 is 1.42 bits per heavy atom.